The quantitative estimate of drug-likeness (QED) is 0.827. The zero-order valence-corrected chi connectivity index (χ0v) is 9.08. The van der Waals surface area contributed by atoms with Crippen molar-refractivity contribution < 1.29 is 20.6 Å². The first-order valence-electron chi connectivity index (χ1n) is 11.0. The molecule has 2 nitrogen and oxygen atoms in total. The van der Waals surface area contributed by atoms with Crippen molar-refractivity contribution >= 4 is 32.4 Å². The van der Waals surface area contributed by atoms with Crippen molar-refractivity contribution in [1.29, 1.82) is 0 Å². The van der Waals surface area contributed by atoms with Gasteiger partial charge >= 0.3 is 0 Å². The van der Waals surface area contributed by atoms with E-state index in [-0.39, 0.29) is 8.69 Å². The maximum Gasteiger partial charge on any atom is 0.186 e. The predicted molar refractivity (Wildman–Crippen MR) is 65.4 cm³/mol. The molecule has 1 aromatic rings. The molecule has 0 N–H and O–H groups in total. The van der Waals surface area contributed by atoms with Crippen LogP contribution in [-0.2, 0) is 0 Å². The molecule has 0 saturated carbocycles. The number of rotatable bonds is 2. The van der Waals surface area contributed by atoms with Crippen LogP contribution in [0.15, 0.2) is 3.79 Å². The highest BCUT2D eigenvalue weighted by Crippen LogP contribution is 2.35. The highest BCUT2D eigenvalue weighted by Gasteiger charge is 2.19. The van der Waals surface area contributed by atoms with Gasteiger partial charge in [0.2, 0.25) is 0 Å². The Kier molecular flexibility index (Phi) is 0.775. The topological polar surface area (TPSA) is 16.1 Å². The van der Waals surface area contributed by atoms with Gasteiger partial charge in [0.1, 0.15) is 0 Å². The molecule has 0 spiro atoms. The molecule has 1 aromatic heterocycles. The van der Waals surface area contributed by atoms with Crippen molar-refractivity contribution in [2.24, 2.45) is 0 Å². The van der Waals surface area contributed by atoms with Crippen LogP contribution in [0.5, 0.6) is 0 Å². The smallest absolute Gasteiger partial charge is 0.186 e. The predicted octanol–water partition coefficient (Wildman–Crippen LogP) is 3.63. The fourth-order valence-corrected chi connectivity index (χ4v) is 2.28. The van der Waals surface area contributed by atoms with E-state index in [2.05, 4.69) is 20.9 Å². The Balaban J connectivity index is 2.79. The van der Waals surface area contributed by atoms with Crippen molar-refractivity contribution in [1.82, 2.24) is 4.98 Å². The zero-order valence-electron chi connectivity index (χ0n) is 21.7. The van der Waals surface area contributed by atoms with Gasteiger partial charge in [-0.1, -0.05) is 25.0 Å². The Labute approximate surface area is 119 Å². The van der Waals surface area contributed by atoms with Gasteiger partial charge in [-0.15, -0.1) is 0 Å². The molecule has 0 amide bonds. The molecule has 14 heavy (non-hydrogen) atoms. The van der Waals surface area contributed by atoms with Crippen molar-refractivity contribution in [3.05, 3.63) is 9.48 Å². The van der Waals surface area contributed by atoms with Crippen LogP contribution in [-0.4, -0.2) is 18.0 Å². The monoisotopic (exact) mass is 289 g/mol. The van der Waals surface area contributed by atoms with Crippen molar-refractivity contribution in [3.8, 4) is 0 Å². The molecular formula is C10H15BrN2S. The first kappa shape index (κ1) is 2.59. The van der Waals surface area contributed by atoms with Gasteiger partial charge < -0.3 is 4.90 Å². The lowest BCUT2D eigenvalue weighted by Gasteiger charge is -2.12. The Bertz CT molecular complexity index is 769. The minimum Gasteiger partial charge on any atom is -0.348 e. The molecular weight excluding hydrogens is 260 g/mol. The first-order chi connectivity index (χ1) is 12.5. The largest absolute Gasteiger partial charge is 0.348 e. The number of aromatic nitrogens is 1. The van der Waals surface area contributed by atoms with E-state index in [0.29, 0.717) is 11.3 Å². The number of hydrogen-bond donors (Lipinski definition) is 0. The molecule has 0 unspecified atom stereocenters. The van der Waals surface area contributed by atoms with Gasteiger partial charge in [0.15, 0.2) is 5.13 Å². The van der Waals surface area contributed by atoms with Gasteiger partial charge in [0.05, 0.1) is 9.48 Å². The second-order valence-electron chi connectivity index (χ2n) is 2.30. The van der Waals surface area contributed by atoms with Crippen LogP contribution in [0.25, 0.3) is 0 Å². The van der Waals surface area contributed by atoms with Crippen LogP contribution < -0.4 is 4.90 Å². The van der Waals surface area contributed by atoms with Crippen molar-refractivity contribution in [2.75, 3.05) is 17.9 Å². The van der Waals surface area contributed by atoms with Crippen molar-refractivity contribution in [2.45, 2.75) is 32.3 Å². The molecule has 0 radical (unpaired) electrons. The molecule has 0 bridgehead atoms. The third kappa shape index (κ3) is 1.96. The number of halogens is 1. The summed E-state index contributed by atoms with van der Waals surface area (Å²) in [5.41, 5.74) is -0.836. The maximum absolute atomic E-state index is 8.18. The zero-order chi connectivity index (χ0) is 23.2. The second-order valence-corrected chi connectivity index (χ2v) is 4.60. The average Bonchev–Trinajstić information content (AvgIpc) is 2.86. The van der Waals surface area contributed by atoms with E-state index >= 15 is 0 Å². The van der Waals surface area contributed by atoms with Gasteiger partial charge in [-0.25, -0.2) is 4.98 Å². The highest BCUT2D eigenvalue weighted by atomic mass is 79.9. The van der Waals surface area contributed by atoms with Crippen molar-refractivity contribution in [3.63, 3.8) is 0 Å². The molecule has 1 aliphatic heterocycles. The summed E-state index contributed by atoms with van der Waals surface area (Å²) in [7, 11) is 0. The summed E-state index contributed by atoms with van der Waals surface area (Å²) in [6.45, 7) is -13.4. The number of hydrogen-bond acceptors (Lipinski definition) is 3. The van der Waals surface area contributed by atoms with Gasteiger partial charge in [-0.2, -0.15) is 0 Å². The van der Waals surface area contributed by atoms with Crippen LogP contribution in [0.2, 0.25) is 0 Å². The summed E-state index contributed by atoms with van der Waals surface area (Å²) in [5, 5.41) is -0.711. The SMILES string of the molecule is [2H]C([2H])([2H])C([2H])(c1nc(N2C([2H])([2H])C([2H])([2H])C([2H])([2H])C2([2H])[2H])sc1Br)C([2H])([2H])[2H]. The fraction of sp³-hybridized carbons (Fsp3) is 0.700. The lowest BCUT2D eigenvalue weighted by molar-refractivity contribution is 0.820. The Hall–Kier alpha value is -0.0900. The molecule has 0 aromatic carbocycles. The van der Waals surface area contributed by atoms with Gasteiger partial charge in [0, 0.05) is 33.6 Å². The summed E-state index contributed by atoms with van der Waals surface area (Å²) in [5.74, 6) is -3.26. The minimum atomic E-state index is -3.40. The molecule has 1 fully saturated rings. The van der Waals surface area contributed by atoms with E-state index in [1.54, 1.807) is 0 Å². The average molecular weight is 290 g/mol. The van der Waals surface area contributed by atoms with Crippen LogP contribution in [0.3, 0.4) is 0 Å². The summed E-state index contributed by atoms with van der Waals surface area (Å²) in [6, 6.07) is 0. The number of nitrogens with zero attached hydrogens (tertiary/aromatic N) is 2. The van der Waals surface area contributed by atoms with Crippen LogP contribution in [0.1, 0.15) is 58.6 Å². The number of anilines is 1. The Morgan fingerprint density at radius 1 is 1.64 bits per heavy atom. The second kappa shape index (κ2) is 4.19. The molecule has 2 rings (SSSR count). The minimum absolute atomic E-state index is 0.0817. The van der Waals surface area contributed by atoms with E-state index in [9.17, 15) is 0 Å². The highest BCUT2D eigenvalue weighted by molar-refractivity contribution is 9.11. The van der Waals surface area contributed by atoms with Crippen LogP contribution in [0, 0.1) is 0 Å². The van der Waals surface area contributed by atoms with E-state index in [4.69, 9.17) is 20.6 Å². The summed E-state index contributed by atoms with van der Waals surface area (Å²) < 4.78 is 116. The Morgan fingerprint density at radius 3 is 3.00 bits per heavy atom. The van der Waals surface area contributed by atoms with Gasteiger partial charge in [0.25, 0.3) is 0 Å². The summed E-state index contributed by atoms with van der Waals surface area (Å²) in [4.78, 5) is 3.78. The van der Waals surface area contributed by atoms with Gasteiger partial charge in [-0.3, -0.25) is 0 Å². The van der Waals surface area contributed by atoms with E-state index in [1.165, 1.54) is 0 Å². The normalized spacial score (nSPS) is 49.8. The van der Waals surface area contributed by atoms with Gasteiger partial charge in [-0.05, 0) is 34.6 Å². The van der Waals surface area contributed by atoms with Crippen LogP contribution in [0.4, 0.5) is 5.13 Å². The van der Waals surface area contributed by atoms with E-state index in [1.807, 2.05) is 0 Å². The standard InChI is InChI=1S/C10H15BrN2S/c1-7(2)8-9(11)14-10(12-8)13-5-3-4-6-13/h7H,3-6H2,1-2H3/i1D3,2D3,3D2,4D2,5D2,6D2,7D. The van der Waals surface area contributed by atoms with Crippen LogP contribution >= 0.6 is 27.3 Å². The fourth-order valence-electron chi connectivity index (χ4n) is 0.832. The molecule has 1 saturated heterocycles. The summed E-state index contributed by atoms with van der Waals surface area (Å²) in [6.07, 6.45) is -6.71. The third-order valence-corrected chi connectivity index (χ3v) is 3.09. The van der Waals surface area contributed by atoms with E-state index in [0.717, 1.165) is 0 Å². The molecule has 78 valence electrons. The molecule has 2 heterocycles. The molecule has 0 atom stereocenters. The molecule has 1 aliphatic rings. The molecule has 0 aliphatic carbocycles. The molecule has 4 heteroatoms. The third-order valence-electron chi connectivity index (χ3n) is 1.40. The Morgan fingerprint density at radius 2 is 2.36 bits per heavy atom. The van der Waals surface area contributed by atoms with E-state index < -0.39 is 56.2 Å². The maximum atomic E-state index is 8.18. The first-order valence-corrected chi connectivity index (χ1v) is 5.07. The lowest BCUT2D eigenvalue weighted by Crippen LogP contribution is -2.17. The lowest BCUT2D eigenvalue weighted by atomic mass is 10.2. The summed E-state index contributed by atoms with van der Waals surface area (Å²) >= 11 is 3.27. The number of thiazole rings is 1.